The van der Waals surface area contributed by atoms with Gasteiger partial charge in [-0.2, -0.15) is 0 Å². The van der Waals surface area contributed by atoms with E-state index in [2.05, 4.69) is 11.9 Å². The molecule has 0 aromatic heterocycles. The van der Waals surface area contributed by atoms with Gasteiger partial charge in [-0.1, -0.05) is 35.3 Å². The summed E-state index contributed by atoms with van der Waals surface area (Å²) in [5, 5.41) is 4.65. The van der Waals surface area contributed by atoms with E-state index >= 15 is 0 Å². The van der Waals surface area contributed by atoms with Gasteiger partial charge < -0.3 is 5.32 Å². The summed E-state index contributed by atoms with van der Waals surface area (Å²) in [6.45, 7) is 3.71. The molecule has 1 unspecified atom stereocenters. The van der Waals surface area contributed by atoms with Gasteiger partial charge in [-0.05, 0) is 32.0 Å². The lowest BCUT2D eigenvalue weighted by atomic mass is 10.0. The number of hydrogen-bond donors (Lipinski definition) is 1. The van der Waals surface area contributed by atoms with Crippen molar-refractivity contribution >= 4 is 23.2 Å². The van der Waals surface area contributed by atoms with E-state index in [-0.39, 0.29) is 6.04 Å². The molecular formula is C12H15Cl2N. The Hall–Kier alpha value is -0.500. The molecule has 0 saturated carbocycles. The van der Waals surface area contributed by atoms with Crippen LogP contribution in [0.25, 0.3) is 0 Å². The van der Waals surface area contributed by atoms with Crippen LogP contribution in [-0.2, 0) is 0 Å². The molecular weight excluding hydrogens is 229 g/mol. The van der Waals surface area contributed by atoms with Gasteiger partial charge in [0.1, 0.15) is 0 Å². The summed E-state index contributed by atoms with van der Waals surface area (Å²) >= 11 is 12.3. The minimum Gasteiger partial charge on any atom is -0.313 e. The van der Waals surface area contributed by atoms with Crippen LogP contribution in [0.1, 0.15) is 24.4 Å². The number of nitrogens with one attached hydrogen (secondary N) is 1. The second-order valence-corrected chi connectivity index (χ2v) is 4.16. The Morgan fingerprint density at radius 3 is 2.47 bits per heavy atom. The molecule has 0 aliphatic carbocycles. The van der Waals surface area contributed by atoms with Gasteiger partial charge >= 0.3 is 0 Å². The summed E-state index contributed by atoms with van der Waals surface area (Å²) < 4.78 is 0. The normalized spacial score (nSPS) is 12.5. The van der Waals surface area contributed by atoms with Gasteiger partial charge in [0.05, 0.1) is 0 Å². The summed E-state index contributed by atoms with van der Waals surface area (Å²) in [7, 11) is 1.91. The van der Waals surface area contributed by atoms with Gasteiger partial charge in [0.2, 0.25) is 0 Å². The van der Waals surface area contributed by atoms with E-state index in [9.17, 15) is 0 Å². The van der Waals surface area contributed by atoms with Gasteiger partial charge in [-0.25, -0.2) is 0 Å². The Morgan fingerprint density at radius 1 is 1.40 bits per heavy atom. The molecule has 0 radical (unpaired) electrons. The second-order valence-electron chi connectivity index (χ2n) is 3.34. The fraction of sp³-hybridized carbons (Fsp3) is 0.333. The van der Waals surface area contributed by atoms with E-state index in [4.69, 9.17) is 23.2 Å². The Kier molecular flexibility index (Phi) is 5.16. The molecule has 0 fully saturated rings. The van der Waals surface area contributed by atoms with Crippen molar-refractivity contribution in [2.45, 2.75) is 18.9 Å². The lowest BCUT2D eigenvalue weighted by Gasteiger charge is -2.18. The Bertz CT molecular complexity index is 316. The van der Waals surface area contributed by atoms with Crippen LogP contribution in [-0.4, -0.2) is 7.05 Å². The lowest BCUT2D eigenvalue weighted by Crippen LogP contribution is -2.16. The Labute approximate surface area is 101 Å². The van der Waals surface area contributed by atoms with Crippen molar-refractivity contribution in [2.24, 2.45) is 0 Å². The molecule has 0 saturated heterocycles. The minimum atomic E-state index is 0.184. The van der Waals surface area contributed by atoms with Crippen molar-refractivity contribution in [3.05, 3.63) is 46.5 Å². The van der Waals surface area contributed by atoms with E-state index in [1.165, 1.54) is 0 Å². The van der Waals surface area contributed by atoms with Crippen LogP contribution in [0.5, 0.6) is 0 Å². The van der Waals surface area contributed by atoms with Crippen LogP contribution < -0.4 is 5.32 Å². The third-order valence-corrected chi connectivity index (χ3v) is 3.02. The SMILES string of the molecule is C=CCCC(NC)c1c(Cl)cccc1Cl. The third kappa shape index (κ3) is 3.23. The fourth-order valence-electron chi connectivity index (χ4n) is 1.56. The summed E-state index contributed by atoms with van der Waals surface area (Å²) in [5.41, 5.74) is 0.977. The smallest absolute Gasteiger partial charge is 0.0468 e. The average Bonchev–Trinajstić information content (AvgIpc) is 2.22. The maximum absolute atomic E-state index is 6.13. The standard InChI is InChI=1S/C12H15Cl2N/c1-3-4-8-11(15-2)12-9(13)6-5-7-10(12)14/h3,5-7,11,15H,1,4,8H2,2H3. The molecule has 0 spiro atoms. The molecule has 1 N–H and O–H groups in total. The first-order chi connectivity index (χ1) is 7.20. The fourth-order valence-corrected chi connectivity index (χ4v) is 2.22. The van der Waals surface area contributed by atoms with Crippen LogP contribution in [0.3, 0.4) is 0 Å². The minimum absolute atomic E-state index is 0.184. The van der Waals surface area contributed by atoms with Crippen molar-refractivity contribution < 1.29 is 0 Å². The first-order valence-electron chi connectivity index (χ1n) is 4.92. The molecule has 0 amide bonds. The molecule has 1 aromatic carbocycles. The first-order valence-corrected chi connectivity index (χ1v) is 5.68. The highest BCUT2D eigenvalue weighted by atomic mass is 35.5. The van der Waals surface area contributed by atoms with Crippen molar-refractivity contribution in [1.82, 2.24) is 5.32 Å². The molecule has 0 bridgehead atoms. The predicted octanol–water partition coefficient (Wildman–Crippen LogP) is 4.22. The number of rotatable bonds is 5. The number of allylic oxidation sites excluding steroid dienone is 1. The van der Waals surface area contributed by atoms with Crippen LogP contribution in [0.4, 0.5) is 0 Å². The largest absolute Gasteiger partial charge is 0.313 e. The van der Waals surface area contributed by atoms with Gasteiger partial charge in [0.25, 0.3) is 0 Å². The molecule has 1 atom stereocenters. The maximum atomic E-state index is 6.13. The zero-order chi connectivity index (χ0) is 11.3. The van der Waals surface area contributed by atoms with E-state index < -0.39 is 0 Å². The number of benzene rings is 1. The van der Waals surface area contributed by atoms with Crippen molar-refractivity contribution in [1.29, 1.82) is 0 Å². The maximum Gasteiger partial charge on any atom is 0.0468 e. The molecule has 82 valence electrons. The average molecular weight is 244 g/mol. The summed E-state index contributed by atoms with van der Waals surface area (Å²) in [6, 6.07) is 5.76. The molecule has 1 rings (SSSR count). The summed E-state index contributed by atoms with van der Waals surface area (Å²) in [4.78, 5) is 0. The van der Waals surface area contributed by atoms with Gasteiger partial charge in [-0.15, -0.1) is 6.58 Å². The number of hydrogen-bond acceptors (Lipinski definition) is 1. The third-order valence-electron chi connectivity index (χ3n) is 2.36. The van der Waals surface area contributed by atoms with E-state index in [1.54, 1.807) is 0 Å². The Balaban J connectivity index is 2.95. The molecule has 1 nitrogen and oxygen atoms in total. The monoisotopic (exact) mass is 243 g/mol. The van der Waals surface area contributed by atoms with E-state index in [0.717, 1.165) is 18.4 Å². The summed E-state index contributed by atoms with van der Waals surface area (Å²) in [5.74, 6) is 0. The first kappa shape index (κ1) is 12.6. The topological polar surface area (TPSA) is 12.0 Å². The highest BCUT2D eigenvalue weighted by molar-refractivity contribution is 6.36. The second kappa shape index (κ2) is 6.16. The van der Waals surface area contributed by atoms with E-state index in [1.807, 2.05) is 31.3 Å². The van der Waals surface area contributed by atoms with Crippen LogP contribution in [0.2, 0.25) is 10.0 Å². The molecule has 1 aromatic rings. The quantitative estimate of drug-likeness (QED) is 0.764. The lowest BCUT2D eigenvalue weighted by molar-refractivity contribution is 0.555. The predicted molar refractivity (Wildman–Crippen MR) is 67.7 cm³/mol. The highest BCUT2D eigenvalue weighted by Crippen LogP contribution is 2.32. The van der Waals surface area contributed by atoms with Crippen molar-refractivity contribution in [2.75, 3.05) is 7.05 Å². The van der Waals surface area contributed by atoms with E-state index in [0.29, 0.717) is 10.0 Å². The molecule has 0 heterocycles. The van der Waals surface area contributed by atoms with Gasteiger partial charge in [-0.3, -0.25) is 0 Å². The van der Waals surface area contributed by atoms with Crippen LogP contribution in [0.15, 0.2) is 30.9 Å². The van der Waals surface area contributed by atoms with Crippen LogP contribution >= 0.6 is 23.2 Å². The van der Waals surface area contributed by atoms with Gasteiger partial charge in [0, 0.05) is 21.7 Å². The van der Waals surface area contributed by atoms with Gasteiger partial charge in [0.15, 0.2) is 0 Å². The van der Waals surface area contributed by atoms with Crippen molar-refractivity contribution in [3.8, 4) is 0 Å². The van der Waals surface area contributed by atoms with Crippen molar-refractivity contribution in [3.63, 3.8) is 0 Å². The summed E-state index contributed by atoms with van der Waals surface area (Å²) in [6.07, 6.45) is 3.78. The zero-order valence-corrected chi connectivity index (χ0v) is 10.3. The van der Waals surface area contributed by atoms with Crippen LogP contribution in [0, 0.1) is 0 Å². The zero-order valence-electron chi connectivity index (χ0n) is 8.76. The molecule has 15 heavy (non-hydrogen) atoms. The Morgan fingerprint density at radius 2 is 2.00 bits per heavy atom. The molecule has 0 aliphatic heterocycles. The molecule has 0 aliphatic rings. The highest BCUT2D eigenvalue weighted by Gasteiger charge is 2.15. The molecule has 3 heteroatoms. The number of halogens is 2.